The summed E-state index contributed by atoms with van der Waals surface area (Å²) in [5, 5.41) is 17.4. The summed E-state index contributed by atoms with van der Waals surface area (Å²) in [6, 6.07) is 19.4. The molecule has 2 aliphatic rings. The van der Waals surface area contributed by atoms with Gasteiger partial charge in [-0.05, 0) is 35.6 Å². The number of H-pyrrole nitrogens is 1. The average molecular weight is 443 g/mol. The third kappa shape index (κ3) is 3.26. The number of Topliss-reactive ketones (excluding diaryl/α,β-unsaturated/α-hetero) is 1. The number of carbonyl (C=O) groups excluding carboxylic acids is 1. The maximum absolute atomic E-state index is 13.6. The first-order chi connectivity index (χ1) is 15.6. The second-order valence-electron chi connectivity index (χ2n) is 7.84. The zero-order valence-electron chi connectivity index (χ0n) is 17.0. The summed E-state index contributed by atoms with van der Waals surface area (Å²) in [4.78, 5) is 19.5. The Morgan fingerprint density at radius 1 is 1.09 bits per heavy atom. The third-order valence-corrected chi connectivity index (χ3v) is 6.31. The first kappa shape index (κ1) is 20.0. The van der Waals surface area contributed by atoms with Crippen molar-refractivity contribution in [2.24, 2.45) is 5.73 Å². The summed E-state index contributed by atoms with van der Waals surface area (Å²) < 4.78 is 0. The van der Waals surface area contributed by atoms with Crippen molar-refractivity contribution in [3.05, 3.63) is 99.7 Å². The van der Waals surface area contributed by atoms with Crippen LogP contribution in [-0.4, -0.2) is 21.0 Å². The SMILES string of the molecule is N#CC1=C(N)N(c2ncn[nH]2)C2=C(C(=O)C[C@H](c3ccccc3)C2)[C@@H]1c1ccc(Cl)cc1. The van der Waals surface area contributed by atoms with Gasteiger partial charge in [-0.25, -0.2) is 5.10 Å². The quantitative estimate of drug-likeness (QED) is 0.630. The Hall–Kier alpha value is -3.89. The Morgan fingerprint density at radius 2 is 1.84 bits per heavy atom. The first-order valence-electron chi connectivity index (χ1n) is 10.2. The lowest BCUT2D eigenvalue weighted by Gasteiger charge is -2.40. The summed E-state index contributed by atoms with van der Waals surface area (Å²) in [6.07, 6.45) is 2.31. The second-order valence-corrected chi connectivity index (χ2v) is 8.28. The Labute approximate surface area is 189 Å². The van der Waals surface area contributed by atoms with E-state index < -0.39 is 5.92 Å². The lowest BCUT2D eigenvalue weighted by atomic mass is 9.72. The van der Waals surface area contributed by atoms with E-state index >= 15 is 0 Å². The molecule has 0 bridgehead atoms. The fraction of sp³-hybridized carbons (Fsp3) is 0.167. The van der Waals surface area contributed by atoms with Gasteiger partial charge >= 0.3 is 0 Å². The maximum atomic E-state index is 13.6. The number of aromatic nitrogens is 3. The number of ketones is 1. The maximum Gasteiger partial charge on any atom is 0.231 e. The summed E-state index contributed by atoms with van der Waals surface area (Å²) in [5.41, 5.74) is 10.0. The normalized spacial score (nSPS) is 20.9. The van der Waals surface area contributed by atoms with Crippen molar-refractivity contribution in [2.45, 2.75) is 24.7 Å². The number of nitrogens with zero attached hydrogens (tertiary/aromatic N) is 4. The van der Waals surface area contributed by atoms with Crippen LogP contribution >= 0.6 is 11.6 Å². The van der Waals surface area contributed by atoms with Crippen molar-refractivity contribution in [3.63, 3.8) is 0 Å². The van der Waals surface area contributed by atoms with Gasteiger partial charge in [0.05, 0.1) is 17.6 Å². The molecule has 3 N–H and O–H groups in total. The molecular formula is C24H19ClN6O. The Bertz CT molecular complexity index is 1270. The summed E-state index contributed by atoms with van der Waals surface area (Å²) in [7, 11) is 0. The van der Waals surface area contributed by atoms with Crippen LogP contribution in [0.2, 0.25) is 5.02 Å². The van der Waals surface area contributed by atoms with Gasteiger partial charge in [-0.2, -0.15) is 15.3 Å². The Morgan fingerprint density at radius 3 is 2.50 bits per heavy atom. The van der Waals surface area contributed by atoms with E-state index in [0.717, 1.165) is 16.8 Å². The number of carbonyl (C=O) groups is 1. The van der Waals surface area contributed by atoms with Gasteiger partial charge in [-0.3, -0.25) is 9.69 Å². The molecule has 0 saturated carbocycles. The zero-order valence-corrected chi connectivity index (χ0v) is 17.8. The van der Waals surface area contributed by atoms with Crippen molar-refractivity contribution in [2.75, 3.05) is 4.90 Å². The molecule has 32 heavy (non-hydrogen) atoms. The molecule has 5 rings (SSSR count). The van der Waals surface area contributed by atoms with Crippen molar-refractivity contribution in [1.82, 2.24) is 15.2 Å². The van der Waals surface area contributed by atoms with Crippen LogP contribution in [0.1, 0.15) is 35.8 Å². The molecule has 0 unspecified atom stereocenters. The fourth-order valence-electron chi connectivity index (χ4n) is 4.63. The number of rotatable bonds is 3. The Kier molecular flexibility index (Phi) is 5.00. The van der Waals surface area contributed by atoms with Crippen molar-refractivity contribution in [1.29, 1.82) is 5.26 Å². The predicted molar refractivity (Wildman–Crippen MR) is 120 cm³/mol. The smallest absolute Gasteiger partial charge is 0.231 e. The minimum Gasteiger partial charge on any atom is -0.384 e. The predicted octanol–water partition coefficient (Wildman–Crippen LogP) is 4.16. The van der Waals surface area contributed by atoms with E-state index in [-0.39, 0.29) is 17.5 Å². The van der Waals surface area contributed by atoms with E-state index in [2.05, 4.69) is 21.3 Å². The van der Waals surface area contributed by atoms with Crippen LogP contribution in [0.15, 0.2) is 83.6 Å². The lowest BCUT2D eigenvalue weighted by molar-refractivity contribution is -0.116. The summed E-state index contributed by atoms with van der Waals surface area (Å²) in [5.74, 6) is 0.0407. The molecule has 2 aromatic carbocycles. The van der Waals surface area contributed by atoms with Crippen LogP contribution in [-0.2, 0) is 4.79 Å². The van der Waals surface area contributed by atoms with Gasteiger partial charge in [0.2, 0.25) is 5.95 Å². The minimum absolute atomic E-state index is 0.00447. The van der Waals surface area contributed by atoms with Gasteiger partial charge < -0.3 is 5.73 Å². The number of nitriles is 1. The molecule has 158 valence electrons. The van der Waals surface area contributed by atoms with Gasteiger partial charge in [-0.15, -0.1) is 0 Å². The highest BCUT2D eigenvalue weighted by atomic mass is 35.5. The number of anilines is 1. The second kappa shape index (κ2) is 7.98. The number of hydrogen-bond acceptors (Lipinski definition) is 6. The van der Waals surface area contributed by atoms with Gasteiger partial charge in [0.15, 0.2) is 5.78 Å². The van der Waals surface area contributed by atoms with Crippen LogP contribution < -0.4 is 10.6 Å². The summed E-state index contributed by atoms with van der Waals surface area (Å²) >= 11 is 6.09. The van der Waals surface area contributed by atoms with Gasteiger partial charge in [-0.1, -0.05) is 54.1 Å². The van der Waals surface area contributed by atoms with Gasteiger partial charge in [0, 0.05) is 22.7 Å². The van der Waals surface area contributed by atoms with Crippen LogP contribution in [0.3, 0.4) is 0 Å². The van der Waals surface area contributed by atoms with Gasteiger partial charge in [0.25, 0.3) is 0 Å². The Balaban J connectivity index is 1.71. The number of allylic oxidation sites excluding steroid dienone is 3. The summed E-state index contributed by atoms with van der Waals surface area (Å²) in [6.45, 7) is 0. The number of aromatic amines is 1. The van der Waals surface area contributed by atoms with Crippen molar-refractivity contribution < 1.29 is 4.79 Å². The van der Waals surface area contributed by atoms with Crippen molar-refractivity contribution >= 4 is 23.3 Å². The van der Waals surface area contributed by atoms with Crippen LogP contribution in [0.5, 0.6) is 0 Å². The molecule has 0 spiro atoms. The molecule has 0 amide bonds. The van der Waals surface area contributed by atoms with E-state index in [9.17, 15) is 10.1 Å². The lowest BCUT2D eigenvalue weighted by Crippen LogP contribution is -2.40. The molecule has 1 aromatic heterocycles. The minimum atomic E-state index is -0.560. The standard InChI is InChI=1S/C24H19ClN6O/c25-17-8-6-15(7-9-17)21-18(12-26)23(27)31(24-28-13-29-30-24)19-10-16(11-20(32)22(19)21)14-4-2-1-3-5-14/h1-9,13,16,21H,10-11,27H2,(H,28,29,30)/t16-,21-/m1/s1. The van der Waals surface area contributed by atoms with E-state index in [1.54, 1.807) is 17.0 Å². The largest absolute Gasteiger partial charge is 0.384 e. The van der Waals surface area contributed by atoms with Crippen LogP contribution in [0.4, 0.5) is 5.95 Å². The topological polar surface area (TPSA) is 112 Å². The molecule has 0 saturated heterocycles. The van der Waals surface area contributed by atoms with E-state index in [1.165, 1.54) is 6.33 Å². The molecule has 3 aromatic rings. The van der Waals surface area contributed by atoms with E-state index in [1.807, 2.05) is 42.5 Å². The van der Waals surface area contributed by atoms with Gasteiger partial charge in [0.1, 0.15) is 12.1 Å². The van der Waals surface area contributed by atoms with Crippen LogP contribution in [0.25, 0.3) is 0 Å². The molecular weight excluding hydrogens is 424 g/mol. The number of halogens is 1. The molecule has 1 aliphatic carbocycles. The molecule has 0 fully saturated rings. The monoisotopic (exact) mass is 442 g/mol. The van der Waals surface area contributed by atoms with E-state index in [4.69, 9.17) is 17.3 Å². The number of benzene rings is 2. The van der Waals surface area contributed by atoms with Crippen molar-refractivity contribution in [3.8, 4) is 6.07 Å². The number of nitrogens with one attached hydrogen (secondary N) is 1. The first-order valence-corrected chi connectivity index (χ1v) is 10.6. The molecule has 8 heteroatoms. The molecule has 2 heterocycles. The highest BCUT2D eigenvalue weighted by Gasteiger charge is 2.43. The molecule has 2 atom stereocenters. The average Bonchev–Trinajstić information content (AvgIpc) is 3.34. The third-order valence-electron chi connectivity index (χ3n) is 6.06. The van der Waals surface area contributed by atoms with E-state index in [0.29, 0.717) is 35.0 Å². The molecule has 1 aliphatic heterocycles. The van der Waals surface area contributed by atoms with Crippen LogP contribution in [0, 0.1) is 11.3 Å². The highest BCUT2D eigenvalue weighted by Crippen LogP contribution is 2.48. The number of hydrogen-bond donors (Lipinski definition) is 2. The molecule has 7 nitrogen and oxygen atoms in total. The number of nitrogens with two attached hydrogens (primary N) is 1. The zero-order chi connectivity index (χ0) is 22.2. The molecule has 0 radical (unpaired) electrons. The highest BCUT2D eigenvalue weighted by molar-refractivity contribution is 6.30. The fourth-order valence-corrected chi connectivity index (χ4v) is 4.75.